The molecule has 518 valence electrons. The van der Waals surface area contributed by atoms with Gasteiger partial charge in [0.25, 0.3) is 5.91 Å². The van der Waals surface area contributed by atoms with Crippen LogP contribution in [0.25, 0.3) is 0 Å². The number of cyclic esters (lactones) is 1. The third kappa shape index (κ3) is 21.6. The summed E-state index contributed by atoms with van der Waals surface area (Å²) in [5, 5.41) is 8.39. The Balaban J connectivity index is 1.88. The summed E-state index contributed by atoms with van der Waals surface area (Å²) < 4.78 is 18.6. The van der Waals surface area contributed by atoms with Crippen LogP contribution in [0.3, 0.4) is 0 Å². The number of carbonyl (C=O) groups excluding carboxylic acids is 11. The van der Waals surface area contributed by atoms with Crippen LogP contribution in [0.15, 0.2) is 53.0 Å². The van der Waals surface area contributed by atoms with Gasteiger partial charge >= 0.3 is 11.9 Å². The van der Waals surface area contributed by atoms with E-state index < -0.39 is 170 Å². The lowest BCUT2D eigenvalue weighted by Crippen LogP contribution is -2.63. The summed E-state index contributed by atoms with van der Waals surface area (Å²) in [6.07, 6.45) is -0.221. The van der Waals surface area contributed by atoms with Crippen molar-refractivity contribution >= 4 is 89.1 Å². The number of likely N-dealkylation sites (N-methyl/N-ethyl adjacent to an activating group) is 5. The van der Waals surface area contributed by atoms with Gasteiger partial charge in [-0.25, -0.2) is 4.79 Å². The van der Waals surface area contributed by atoms with Crippen LogP contribution in [0.2, 0.25) is 25.7 Å². The van der Waals surface area contributed by atoms with E-state index in [0.29, 0.717) is 43.0 Å². The molecular formula is C68H106BrN9O14Si. The van der Waals surface area contributed by atoms with Crippen molar-refractivity contribution in [3.8, 4) is 5.75 Å². The second-order valence-corrected chi connectivity index (χ2v) is 34.0. The number of carbonyl (C=O) groups is 11. The summed E-state index contributed by atoms with van der Waals surface area (Å²) in [7, 11) is 5.31. The number of nitrogens with zero attached hydrogens (tertiary/aromatic N) is 6. The number of rotatable bonds is 17. The minimum Gasteiger partial charge on any atom is -0.489 e. The van der Waals surface area contributed by atoms with E-state index in [2.05, 4.69) is 51.5 Å². The van der Waals surface area contributed by atoms with Crippen LogP contribution in [-0.4, -0.2) is 212 Å². The number of piperidine rings is 1. The van der Waals surface area contributed by atoms with Gasteiger partial charge in [0.15, 0.2) is 6.10 Å². The standard InChI is InChI=1S/C68H106BrN9O14Si/c1-20-43(9)58-60(81)70-38-53(79)74(13)56(41(5)6)61(82)71-50(36-46-27-31-49(32-28-46)91-39-47-25-29-48(69)30-26-47)68(89)92-45(11)63(84)78-33-23-22-24-51(78)64(85)75(14)57(42(7)8)62(83)72-55(40(3)4)66(87)73(12)52(37-54(80)90-34-35-93(17,18)19)65(86)77(16)59(44(10)21-2)67(88)76(58)15/h25-32,40-45,50-52,55-59H,20-24,33-39H2,1-19H3,(H,70,81)(H,71,82)(H,72,83)/t43-,44-,45+,50-,51-,52-,55-,56-,57-,58-,59-/m0/s1. The Labute approximate surface area is 560 Å². The molecule has 2 aromatic rings. The van der Waals surface area contributed by atoms with Crippen LogP contribution in [0, 0.1) is 29.6 Å². The Kier molecular flexibility index (Phi) is 30.0. The number of esters is 2. The van der Waals surface area contributed by atoms with Crippen LogP contribution in [-0.2, 0) is 75.2 Å². The summed E-state index contributed by atoms with van der Waals surface area (Å²) in [6.45, 7) is 25.0. The first-order valence-corrected chi connectivity index (χ1v) is 37.3. The van der Waals surface area contributed by atoms with Crippen LogP contribution >= 0.6 is 15.9 Å². The molecule has 4 rings (SSSR count). The molecule has 0 bridgehead atoms. The molecule has 2 aliphatic rings. The minimum absolute atomic E-state index is 0.0757. The van der Waals surface area contributed by atoms with Gasteiger partial charge in [-0.05, 0) is 97.2 Å². The smallest absolute Gasteiger partial charge is 0.329 e. The molecule has 2 saturated heterocycles. The fourth-order valence-electron chi connectivity index (χ4n) is 11.9. The van der Waals surface area contributed by atoms with Gasteiger partial charge < -0.3 is 59.6 Å². The minimum atomic E-state index is -1.70. The first kappa shape index (κ1) is 78.5. The second kappa shape index (κ2) is 35.6. The zero-order chi connectivity index (χ0) is 70.1. The molecule has 0 radical (unpaired) electrons. The molecule has 0 saturated carbocycles. The Morgan fingerprint density at radius 1 is 0.624 bits per heavy atom. The van der Waals surface area contributed by atoms with Crippen molar-refractivity contribution in [1.82, 2.24) is 45.3 Å². The summed E-state index contributed by atoms with van der Waals surface area (Å²) >= 11 is 3.44. The number of nitrogens with one attached hydrogen (secondary N) is 3. The molecule has 2 aliphatic heterocycles. The number of hydrogen-bond acceptors (Lipinski definition) is 14. The molecule has 0 aliphatic carbocycles. The molecular weight excluding hydrogens is 1270 g/mol. The van der Waals surface area contributed by atoms with Crippen LogP contribution in [0.5, 0.6) is 5.75 Å². The number of hydrogen-bond donors (Lipinski definition) is 3. The maximum atomic E-state index is 15.3. The fraction of sp³-hybridized carbons (Fsp3) is 0.662. The lowest BCUT2D eigenvalue weighted by molar-refractivity contribution is -0.165. The van der Waals surface area contributed by atoms with Crippen molar-refractivity contribution in [2.45, 2.75) is 208 Å². The van der Waals surface area contributed by atoms with Gasteiger partial charge in [-0.15, -0.1) is 0 Å². The van der Waals surface area contributed by atoms with Crippen molar-refractivity contribution in [2.24, 2.45) is 29.6 Å². The first-order valence-electron chi connectivity index (χ1n) is 32.8. The van der Waals surface area contributed by atoms with Crippen molar-refractivity contribution in [3.05, 3.63) is 64.1 Å². The summed E-state index contributed by atoms with van der Waals surface area (Å²) in [5.74, 6) is -10.4. The van der Waals surface area contributed by atoms with E-state index in [1.165, 1.54) is 66.7 Å². The number of halogens is 1. The Bertz CT molecular complexity index is 2930. The highest BCUT2D eigenvalue weighted by molar-refractivity contribution is 9.10. The van der Waals surface area contributed by atoms with E-state index >= 15 is 14.4 Å². The molecule has 2 fully saturated rings. The SMILES string of the molecule is CC[C@H](C)[C@H]1C(=O)NCC(=O)N(C)[C@@H](C(C)C)C(=O)N[C@@H](Cc2ccc(OCc3ccc(Br)cc3)cc2)C(=O)O[C@H](C)C(=O)N2CCCC[C@H]2C(=O)N(C)[C@@H](C(C)C)C(=O)N[C@@H](C(C)C)C(=O)N(C)[C@@H](CC(=O)OCC[Si](C)(C)C)C(=O)N(C)[C@@H]([C@@H](C)CC)C(=O)N1C. The summed E-state index contributed by atoms with van der Waals surface area (Å²) in [6, 6.07) is 4.82. The van der Waals surface area contributed by atoms with Crippen molar-refractivity contribution < 1.29 is 67.0 Å². The fourth-order valence-corrected chi connectivity index (χ4v) is 12.9. The largest absolute Gasteiger partial charge is 0.489 e. The maximum Gasteiger partial charge on any atom is 0.329 e. The van der Waals surface area contributed by atoms with E-state index in [1.807, 2.05) is 38.1 Å². The van der Waals surface area contributed by atoms with Crippen molar-refractivity contribution in [2.75, 3.05) is 54.9 Å². The number of benzene rings is 2. The van der Waals surface area contributed by atoms with Crippen LogP contribution < -0.4 is 20.7 Å². The zero-order valence-electron chi connectivity index (χ0n) is 58.5. The lowest BCUT2D eigenvalue weighted by Gasteiger charge is -2.41. The average molecular weight is 1380 g/mol. The van der Waals surface area contributed by atoms with Gasteiger partial charge in [-0.3, -0.25) is 47.9 Å². The van der Waals surface area contributed by atoms with Crippen LogP contribution in [0.4, 0.5) is 0 Å². The maximum absolute atomic E-state index is 15.3. The van der Waals surface area contributed by atoms with Gasteiger partial charge in [0.05, 0.1) is 19.6 Å². The molecule has 11 atom stereocenters. The molecule has 2 aromatic carbocycles. The highest BCUT2D eigenvalue weighted by atomic mass is 79.9. The Morgan fingerprint density at radius 2 is 1.16 bits per heavy atom. The molecule has 0 aromatic heterocycles. The molecule has 0 unspecified atom stereocenters. The zero-order valence-corrected chi connectivity index (χ0v) is 61.0. The van der Waals surface area contributed by atoms with E-state index in [9.17, 15) is 38.4 Å². The number of amides is 9. The number of fused-ring (bicyclic) bond motifs is 1. The molecule has 25 heteroatoms. The third-order valence-electron chi connectivity index (χ3n) is 18.0. The first-order chi connectivity index (χ1) is 43.5. The van der Waals surface area contributed by atoms with Crippen molar-refractivity contribution in [3.63, 3.8) is 0 Å². The predicted octanol–water partition coefficient (Wildman–Crippen LogP) is 6.45. The second-order valence-electron chi connectivity index (χ2n) is 27.5. The molecule has 23 nitrogen and oxygen atoms in total. The monoisotopic (exact) mass is 1380 g/mol. The molecule has 2 heterocycles. The van der Waals surface area contributed by atoms with E-state index in [0.717, 1.165) is 14.9 Å². The quantitative estimate of drug-likeness (QED) is 0.114. The highest BCUT2D eigenvalue weighted by Gasteiger charge is 2.46. The Hall–Kier alpha value is -6.89. The number of ether oxygens (including phenoxy) is 3. The molecule has 0 spiro atoms. The average Bonchev–Trinajstić information content (AvgIpc) is 0.863. The van der Waals surface area contributed by atoms with Gasteiger partial charge in [-0.2, -0.15) is 0 Å². The van der Waals surface area contributed by atoms with Gasteiger partial charge in [-0.1, -0.05) is 142 Å². The molecule has 9 amide bonds. The topological polar surface area (TPSA) is 271 Å². The van der Waals surface area contributed by atoms with E-state index in [-0.39, 0.29) is 32.6 Å². The summed E-state index contributed by atoms with van der Waals surface area (Å²) in [4.78, 5) is 170. The van der Waals surface area contributed by atoms with Gasteiger partial charge in [0.1, 0.15) is 60.7 Å². The summed E-state index contributed by atoms with van der Waals surface area (Å²) in [5.41, 5.74) is 1.50. The lowest BCUT2D eigenvalue weighted by atomic mass is 9.92. The van der Waals surface area contributed by atoms with E-state index in [1.54, 1.807) is 79.7 Å². The molecule has 3 N–H and O–H groups in total. The normalized spacial score (nSPS) is 24.8. The Morgan fingerprint density at radius 3 is 1.72 bits per heavy atom. The third-order valence-corrected chi connectivity index (χ3v) is 20.2. The van der Waals surface area contributed by atoms with Gasteiger partial charge in [0, 0.05) is 60.8 Å². The van der Waals surface area contributed by atoms with Crippen LogP contribution in [0.1, 0.15) is 126 Å². The molecule has 93 heavy (non-hydrogen) atoms. The van der Waals surface area contributed by atoms with Gasteiger partial charge in [0.2, 0.25) is 47.3 Å². The van der Waals surface area contributed by atoms with E-state index in [4.69, 9.17) is 14.2 Å². The predicted molar refractivity (Wildman–Crippen MR) is 360 cm³/mol. The highest BCUT2D eigenvalue weighted by Crippen LogP contribution is 2.27. The van der Waals surface area contributed by atoms with Crippen molar-refractivity contribution in [1.29, 1.82) is 0 Å².